The molecule has 2 N–H and O–H groups in total. The lowest BCUT2D eigenvalue weighted by atomic mass is 9.96. The Morgan fingerprint density at radius 2 is 2.09 bits per heavy atom. The molecule has 2 heterocycles. The Balaban J connectivity index is 1.81. The quantitative estimate of drug-likeness (QED) is 0.878. The topological polar surface area (TPSA) is 96.7 Å². The Bertz CT molecular complexity index is 637. The molecule has 0 atom stereocenters. The fourth-order valence-electron chi connectivity index (χ4n) is 1.76. The van der Waals surface area contributed by atoms with Crippen LogP contribution in [0.2, 0.25) is 0 Å². The minimum Gasteiger partial charge on any atom is -0.338 e. The molecule has 0 aliphatic carbocycles. The normalized spacial score (nSPS) is 11.7. The minimum atomic E-state index is -0.139. The van der Waals surface area contributed by atoms with Crippen molar-refractivity contribution in [3.05, 3.63) is 23.1 Å². The van der Waals surface area contributed by atoms with Crippen molar-refractivity contribution in [3.8, 4) is 0 Å². The van der Waals surface area contributed by atoms with Crippen molar-refractivity contribution in [2.75, 3.05) is 11.1 Å². The smallest absolute Gasteiger partial charge is 0.236 e. The molecule has 0 saturated carbocycles. The van der Waals surface area contributed by atoms with E-state index in [0.29, 0.717) is 23.2 Å². The fraction of sp³-hybridized carbons (Fsp3) is 0.571. The molecule has 0 fully saturated rings. The summed E-state index contributed by atoms with van der Waals surface area (Å²) >= 11 is 1.43. The molecule has 0 radical (unpaired) electrons. The van der Waals surface area contributed by atoms with Crippen molar-refractivity contribution in [1.82, 2.24) is 20.3 Å². The highest BCUT2D eigenvalue weighted by atomic mass is 32.2. The van der Waals surface area contributed by atoms with Gasteiger partial charge in [0, 0.05) is 5.41 Å². The van der Waals surface area contributed by atoms with Crippen LogP contribution < -0.4 is 5.32 Å². The van der Waals surface area contributed by atoms with E-state index in [2.05, 4.69) is 25.7 Å². The second kappa shape index (κ2) is 6.51. The summed E-state index contributed by atoms with van der Waals surface area (Å²) in [6, 6.07) is 0. The Morgan fingerprint density at radius 1 is 1.36 bits per heavy atom. The maximum Gasteiger partial charge on any atom is 0.236 e. The number of aromatic nitrogens is 4. The van der Waals surface area contributed by atoms with Crippen LogP contribution in [0, 0.1) is 13.8 Å². The largest absolute Gasteiger partial charge is 0.338 e. The third-order valence-electron chi connectivity index (χ3n) is 2.99. The van der Waals surface area contributed by atoms with Crippen molar-refractivity contribution in [3.63, 3.8) is 0 Å². The highest BCUT2D eigenvalue weighted by Crippen LogP contribution is 2.20. The monoisotopic (exact) mass is 323 g/mol. The first-order valence-electron chi connectivity index (χ1n) is 6.99. The molecule has 2 rings (SSSR count). The van der Waals surface area contributed by atoms with Gasteiger partial charge in [0.2, 0.25) is 11.8 Å². The van der Waals surface area contributed by atoms with E-state index >= 15 is 0 Å². The molecule has 8 heteroatoms. The molecular weight excluding hydrogens is 302 g/mol. The van der Waals surface area contributed by atoms with Gasteiger partial charge in [-0.25, -0.2) is 0 Å². The number of nitrogens with one attached hydrogen (secondary N) is 2. The van der Waals surface area contributed by atoms with E-state index in [-0.39, 0.29) is 11.3 Å². The van der Waals surface area contributed by atoms with Gasteiger partial charge in [0.05, 0.1) is 28.6 Å². The molecule has 1 amide bonds. The van der Waals surface area contributed by atoms with Crippen LogP contribution in [0.4, 0.5) is 5.69 Å². The number of anilines is 1. The van der Waals surface area contributed by atoms with E-state index in [1.165, 1.54) is 11.8 Å². The standard InChI is InChI=1S/C14H21N5O2S/c1-8-12(9(2)18-17-8)15-10(20)6-22-7-11-16-13(19-21-11)14(3,4)5/h6-7H2,1-5H3,(H,15,20)(H,17,18). The molecule has 0 bridgehead atoms. The molecule has 0 aliphatic heterocycles. The third kappa shape index (κ3) is 4.09. The number of carbonyl (C=O) groups is 1. The lowest BCUT2D eigenvalue weighted by Crippen LogP contribution is -2.15. The Labute approximate surface area is 133 Å². The van der Waals surface area contributed by atoms with Crippen LogP contribution in [0.15, 0.2) is 4.52 Å². The van der Waals surface area contributed by atoms with E-state index in [4.69, 9.17) is 4.52 Å². The van der Waals surface area contributed by atoms with Gasteiger partial charge in [0.15, 0.2) is 5.82 Å². The number of rotatable bonds is 5. The van der Waals surface area contributed by atoms with E-state index in [1.807, 2.05) is 34.6 Å². The van der Waals surface area contributed by atoms with Crippen molar-refractivity contribution in [2.24, 2.45) is 0 Å². The molecule has 2 aromatic heterocycles. The maximum absolute atomic E-state index is 11.9. The molecular formula is C14H21N5O2S. The van der Waals surface area contributed by atoms with Gasteiger partial charge in [-0.3, -0.25) is 9.89 Å². The van der Waals surface area contributed by atoms with E-state index in [9.17, 15) is 4.79 Å². The molecule has 0 unspecified atom stereocenters. The summed E-state index contributed by atoms with van der Waals surface area (Å²) in [5, 5.41) is 13.7. The highest BCUT2D eigenvalue weighted by molar-refractivity contribution is 7.99. The molecule has 120 valence electrons. The first-order valence-corrected chi connectivity index (χ1v) is 8.15. The number of amides is 1. The van der Waals surface area contributed by atoms with Crippen molar-refractivity contribution in [2.45, 2.75) is 45.8 Å². The molecule has 7 nitrogen and oxygen atoms in total. The average Bonchev–Trinajstić information content (AvgIpc) is 3.00. The third-order valence-corrected chi connectivity index (χ3v) is 3.91. The van der Waals surface area contributed by atoms with Gasteiger partial charge in [0.1, 0.15) is 0 Å². The second-order valence-electron chi connectivity index (χ2n) is 6.11. The zero-order valence-corrected chi connectivity index (χ0v) is 14.3. The molecule has 0 aromatic carbocycles. The summed E-state index contributed by atoms with van der Waals surface area (Å²) in [7, 11) is 0. The molecule has 0 aliphatic rings. The average molecular weight is 323 g/mol. The van der Waals surface area contributed by atoms with Crippen molar-refractivity contribution < 1.29 is 9.32 Å². The van der Waals surface area contributed by atoms with Gasteiger partial charge in [0.25, 0.3) is 0 Å². The minimum absolute atomic E-state index is 0.0758. The summed E-state index contributed by atoms with van der Waals surface area (Å²) in [5.74, 6) is 1.97. The zero-order chi connectivity index (χ0) is 16.3. The number of carbonyl (C=O) groups excluding carboxylic acids is 1. The van der Waals surface area contributed by atoms with Gasteiger partial charge < -0.3 is 9.84 Å². The first kappa shape index (κ1) is 16.5. The number of H-pyrrole nitrogens is 1. The van der Waals surface area contributed by atoms with E-state index in [0.717, 1.165) is 17.1 Å². The Hall–Kier alpha value is -1.83. The number of thioether (sulfide) groups is 1. The number of aromatic amines is 1. The maximum atomic E-state index is 11.9. The van der Waals surface area contributed by atoms with Crippen LogP contribution in [0.5, 0.6) is 0 Å². The summed E-state index contributed by atoms with van der Waals surface area (Å²) in [4.78, 5) is 16.3. The number of hydrogen-bond acceptors (Lipinski definition) is 6. The van der Waals surface area contributed by atoms with Crippen LogP contribution in [0.1, 0.15) is 43.9 Å². The number of nitrogens with zero attached hydrogens (tertiary/aromatic N) is 3. The lowest BCUT2D eigenvalue weighted by molar-refractivity contribution is -0.113. The van der Waals surface area contributed by atoms with Gasteiger partial charge >= 0.3 is 0 Å². The number of aryl methyl sites for hydroxylation is 2. The summed E-state index contributed by atoms with van der Waals surface area (Å²) < 4.78 is 5.19. The first-order chi connectivity index (χ1) is 10.3. The van der Waals surface area contributed by atoms with Crippen LogP contribution in [-0.2, 0) is 16.0 Å². The molecule has 2 aromatic rings. The molecule has 0 spiro atoms. The number of hydrogen-bond donors (Lipinski definition) is 2. The predicted molar refractivity (Wildman–Crippen MR) is 85.9 cm³/mol. The van der Waals surface area contributed by atoms with Crippen LogP contribution in [0.3, 0.4) is 0 Å². The SMILES string of the molecule is Cc1n[nH]c(C)c1NC(=O)CSCc1nc(C(C)(C)C)no1. The van der Waals surface area contributed by atoms with Gasteiger partial charge in [-0.1, -0.05) is 25.9 Å². The van der Waals surface area contributed by atoms with Gasteiger partial charge in [-0.15, -0.1) is 11.8 Å². The second-order valence-corrected chi connectivity index (χ2v) is 7.10. The van der Waals surface area contributed by atoms with Crippen LogP contribution >= 0.6 is 11.8 Å². The van der Waals surface area contributed by atoms with Crippen molar-refractivity contribution >= 4 is 23.4 Å². The Morgan fingerprint density at radius 3 is 2.64 bits per heavy atom. The lowest BCUT2D eigenvalue weighted by Gasteiger charge is -2.10. The molecule has 0 saturated heterocycles. The van der Waals surface area contributed by atoms with Crippen molar-refractivity contribution in [1.29, 1.82) is 0 Å². The zero-order valence-electron chi connectivity index (χ0n) is 13.5. The fourth-order valence-corrected chi connectivity index (χ4v) is 2.41. The molecule has 22 heavy (non-hydrogen) atoms. The predicted octanol–water partition coefficient (Wildman–Crippen LogP) is 2.58. The Kier molecular flexibility index (Phi) is 4.90. The van der Waals surface area contributed by atoms with E-state index in [1.54, 1.807) is 0 Å². The van der Waals surface area contributed by atoms with Crippen LogP contribution in [0.25, 0.3) is 0 Å². The van der Waals surface area contributed by atoms with E-state index < -0.39 is 0 Å². The van der Waals surface area contributed by atoms with Gasteiger partial charge in [-0.05, 0) is 13.8 Å². The highest BCUT2D eigenvalue weighted by Gasteiger charge is 2.21. The summed E-state index contributed by atoms with van der Waals surface area (Å²) in [6.45, 7) is 9.79. The van der Waals surface area contributed by atoms with Crippen LogP contribution in [-0.4, -0.2) is 32.0 Å². The summed E-state index contributed by atoms with van der Waals surface area (Å²) in [5.41, 5.74) is 2.24. The summed E-state index contributed by atoms with van der Waals surface area (Å²) in [6.07, 6.45) is 0. The van der Waals surface area contributed by atoms with Gasteiger partial charge in [-0.2, -0.15) is 10.1 Å².